The second kappa shape index (κ2) is 8.30. The number of hydrogen-bond acceptors (Lipinski definition) is 2. The third kappa shape index (κ3) is 5.21. The van der Waals surface area contributed by atoms with Gasteiger partial charge in [-0.3, -0.25) is 4.79 Å². The topological polar surface area (TPSA) is 43.1 Å². The second-order valence-electron chi connectivity index (χ2n) is 4.68. The van der Waals surface area contributed by atoms with Crippen LogP contribution in [0.1, 0.15) is 62.2 Å². The molecule has 0 unspecified atom stereocenters. The molecule has 0 aliphatic rings. The first-order valence-corrected chi connectivity index (χ1v) is 7.52. The predicted octanol–water partition coefficient (Wildman–Crippen LogP) is 4.96. The van der Waals surface area contributed by atoms with Crippen LogP contribution in [0.2, 0.25) is 0 Å². The average Bonchev–Trinajstić information content (AvgIpc) is 2.36. The Morgan fingerprint density at radius 3 is 2.56 bits per heavy atom. The minimum atomic E-state index is 0.185. The van der Waals surface area contributed by atoms with E-state index in [-0.39, 0.29) is 5.78 Å². The lowest BCUT2D eigenvalue weighted by molar-refractivity contribution is 0.0978. The molecule has 2 N–H and O–H groups in total. The van der Waals surface area contributed by atoms with E-state index < -0.39 is 0 Å². The van der Waals surface area contributed by atoms with Crippen molar-refractivity contribution in [3.05, 3.63) is 28.2 Å². The fraction of sp³-hybridized carbons (Fsp3) is 0.533. The molecule has 0 spiro atoms. The first kappa shape index (κ1) is 15.2. The third-order valence-corrected chi connectivity index (χ3v) is 3.74. The molecule has 18 heavy (non-hydrogen) atoms. The highest BCUT2D eigenvalue weighted by atomic mass is 79.9. The summed E-state index contributed by atoms with van der Waals surface area (Å²) in [5.74, 6) is 0.185. The molecule has 0 fully saturated rings. The normalized spacial score (nSPS) is 10.6. The lowest BCUT2D eigenvalue weighted by Gasteiger charge is -2.05. The van der Waals surface area contributed by atoms with Crippen LogP contribution in [0, 0.1) is 0 Å². The Kier molecular flexibility index (Phi) is 7.02. The van der Waals surface area contributed by atoms with E-state index in [4.69, 9.17) is 5.73 Å². The number of anilines is 1. The maximum atomic E-state index is 12.0. The number of unbranched alkanes of at least 4 members (excludes halogenated alkanes) is 5. The molecule has 0 saturated carbocycles. The Morgan fingerprint density at radius 2 is 1.83 bits per heavy atom. The van der Waals surface area contributed by atoms with Gasteiger partial charge in [0.25, 0.3) is 0 Å². The van der Waals surface area contributed by atoms with E-state index in [1.165, 1.54) is 25.7 Å². The molecule has 2 nitrogen and oxygen atoms in total. The number of nitrogens with two attached hydrogens (primary N) is 1. The smallest absolute Gasteiger partial charge is 0.164 e. The van der Waals surface area contributed by atoms with Crippen LogP contribution < -0.4 is 5.73 Å². The molecule has 3 heteroatoms. The number of rotatable bonds is 8. The van der Waals surface area contributed by atoms with E-state index in [9.17, 15) is 4.79 Å². The molecule has 0 saturated heterocycles. The molecule has 0 aromatic heterocycles. The van der Waals surface area contributed by atoms with Gasteiger partial charge in [-0.15, -0.1) is 0 Å². The Hall–Kier alpha value is -0.830. The lowest BCUT2D eigenvalue weighted by Crippen LogP contribution is -2.01. The van der Waals surface area contributed by atoms with Gasteiger partial charge in [0.05, 0.1) is 0 Å². The summed E-state index contributed by atoms with van der Waals surface area (Å²) in [4.78, 5) is 12.0. The second-order valence-corrected chi connectivity index (χ2v) is 5.53. The van der Waals surface area contributed by atoms with Gasteiger partial charge in [-0.2, -0.15) is 0 Å². The van der Waals surface area contributed by atoms with Gasteiger partial charge in [0.2, 0.25) is 0 Å². The number of carbonyl (C=O) groups excluding carboxylic acids is 1. The van der Waals surface area contributed by atoms with Gasteiger partial charge >= 0.3 is 0 Å². The first-order valence-electron chi connectivity index (χ1n) is 6.73. The zero-order valence-corrected chi connectivity index (χ0v) is 12.6. The monoisotopic (exact) mass is 311 g/mol. The van der Waals surface area contributed by atoms with Crippen LogP contribution in [0.3, 0.4) is 0 Å². The van der Waals surface area contributed by atoms with Crippen LogP contribution in [-0.4, -0.2) is 5.78 Å². The zero-order valence-electron chi connectivity index (χ0n) is 11.0. The van der Waals surface area contributed by atoms with E-state index in [1.807, 2.05) is 6.07 Å². The van der Waals surface area contributed by atoms with Crippen molar-refractivity contribution in [2.75, 3.05) is 5.73 Å². The summed E-state index contributed by atoms with van der Waals surface area (Å²) in [6.07, 6.45) is 7.82. The first-order chi connectivity index (χ1) is 8.65. The highest BCUT2D eigenvalue weighted by Crippen LogP contribution is 2.22. The highest BCUT2D eigenvalue weighted by molar-refractivity contribution is 9.10. The predicted molar refractivity (Wildman–Crippen MR) is 80.9 cm³/mol. The molecule has 0 aliphatic heterocycles. The van der Waals surface area contributed by atoms with E-state index >= 15 is 0 Å². The summed E-state index contributed by atoms with van der Waals surface area (Å²) in [6.45, 7) is 2.21. The van der Waals surface area contributed by atoms with Gasteiger partial charge in [0.15, 0.2) is 5.78 Å². The van der Waals surface area contributed by atoms with Gasteiger partial charge in [-0.05, 0) is 24.6 Å². The summed E-state index contributed by atoms with van der Waals surface area (Å²) in [5, 5.41) is 0. The molecular weight excluding hydrogens is 290 g/mol. The minimum Gasteiger partial charge on any atom is -0.399 e. The molecule has 1 aromatic carbocycles. The zero-order chi connectivity index (χ0) is 13.4. The van der Waals surface area contributed by atoms with Crippen molar-refractivity contribution in [2.45, 2.75) is 51.9 Å². The quantitative estimate of drug-likeness (QED) is 0.418. The number of benzene rings is 1. The van der Waals surface area contributed by atoms with Crippen molar-refractivity contribution < 1.29 is 4.79 Å². The molecule has 0 radical (unpaired) electrons. The molecule has 0 aliphatic carbocycles. The molecule has 0 atom stereocenters. The van der Waals surface area contributed by atoms with Crippen LogP contribution in [0.25, 0.3) is 0 Å². The third-order valence-electron chi connectivity index (χ3n) is 3.05. The summed E-state index contributed by atoms with van der Waals surface area (Å²) in [6, 6.07) is 5.39. The fourth-order valence-corrected chi connectivity index (χ4v) is 2.42. The van der Waals surface area contributed by atoms with Gasteiger partial charge in [0.1, 0.15) is 0 Å². The Labute approximate surface area is 118 Å². The van der Waals surface area contributed by atoms with Crippen molar-refractivity contribution in [1.82, 2.24) is 0 Å². The summed E-state index contributed by atoms with van der Waals surface area (Å²) in [7, 11) is 0. The van der Waals surface area contributed by atoms with E-state index in [2.05, 4.69) is 22.9 Å². The largest absolute Gasteiger partial charge is 0.399 e. The van der Waals surface area contributed by atoms with Crippen molar-refractivity contribution >= 4 is 27.4 Å². The number of carbonyl (C=O) groups is 1. The van der Waals surface area contributed by atoms with Crippen LogP contribution in [0.5, 0.6) is 0 Å². The number of Topliss-reactive ketones (excluding diaryl/α,β-unsaturated/α-hetero) is 1. The molecule has 0 amide bonds. The van der Waals surface area contributed by atoms with Crippen LogP contribution in [-0.2, 0) is 0 Å². The fourth-order valence-electron chi connectivity index (χ4n) is 1.96. The Bertz CT molecular complexity index is 390. The highest BCUT2D eigenvalue weighted by Gasteiger charge is 2.09. The standard InChI is InChI=1S/C15H22BrNO/c1-2-3-4-5-6-7-8-15(18)13-11-12(17)9-10-14(13)16/h9-11H,2-8,17H2,1H3. The molecule has 0 heterocycles. The number of halogens is 1. The summed E-state index contributed by atoms with van der Waals surface area (Å²) < 4.78 is 0.840. The molecule has 1 rings (SSSR count). The Morgan fingerprint density at radius 1 is 1.17 bits per heavy atom. The van der Waals surface area contributed by atoms with Gasteiger partial charge in [-0.1, -0.05) is 55.0 Å². The van der Waals surface area contributed by atoms with E-state index in [0.29, 0.717) is 17.7 Å². The van der Waals surface area contributed by atoms with Crippen molar-refractivity contribution in [2.24, 2.45) is 0 Å². The van der Waals surface area contributed by atoms with Gasteiger partial charge in [-0.25, -0.2) is 0 Å². The SMILES string of the molecule is CCCCCCCCC(=O)c1cc(N)ccc1Br. The number of ketones is 1. The van der Waals surface area contributed by atoms with Crippen molar-refractivity contribution in [3.63, 3.8) is 0 Å². The van der Waals surface area contributed by atoms with Crippen LogP contribution in [0.4, 0.5) is 5.69 Å². The number of nitrogen functional groups attached to an aromatic ring is 1. The van der Waals surface area contributed by atoms with Crippen molar-refractivity contribution in [3.8, 4) is 0 Å². The molecule has 1 aromatic rings. The maximum absolute atomic E-state index is 12.0. The molecular formula is C15H22BrNO. The molecule has 0 bridgehead atoms. The maximum Gasteiger partial charge on any atom is 0.164 e. The average molecular weight is 312 g/mol. The summed E-state index contributed by atoms with van der Waals surface area (Å²) >= 11 is 3.40. The van der Waals surface area contributed by atoms with Gasteiger partial charge in [0, 0.05) is 22.1 Å². The number of hydrogen-bond donors (Lipinski definition) is 1. The lowest BCUT2D eigenvalue weighted by atomic mass is 10.0. The van der Waals surface area contributed by atoms with Crippen LogP contribution in [0.15, 0.2) is 22.7 Å². The Balaban J connectivity index is 2.34. The van der Waals surface area contributed by atoms with E-state index in [1.54, 1.807) is 12.1 Å². The minimum absolute atomic E-state index is 0.185. The molecule has 100 valence electrons. The van der Waals surface area contributed by atoms with Crippen LogP contribution >= 0.6 is 15.9 Å². The van der Waals surface area contributed by atoms with Gasteiger partial charge < -0.3 is 5.73 Å². The summed E-state index contributed by atoms with van der Waals surface area (Å²) in [5.41, 5.74) is 7.06. The van der Waals surface area contributed by atoms with E-state index in [0.717, 1.165) is 17.3 Å². The van der Waals surface area contributed by atoms with Crippen molar-refractivity contribution in [1.29, 1.82) is 0 Å².